The van der Waals surface area contributed by atoms with Crippen LogP contribution in [0.5, 0.6) is 0 Å². The molecule has 8 rings (SSSR count). The lowest BCUT2D eigenvalue weighted by atomic mass is 9.82. The van der Waals surface area contributed by atoms with Crippen molar-refractivity contribution in [2.24, 2.45) is 0 Å². The summed E-state index contributed by atoms with van der Waals surface area (Å²) in [6.45, 7) is 6.73. The molecule has 1 aliphatic rings. The first-order valence-corrected chi connectivity index (χ1v) is 16.0. The van der Waals surface area contributed by atoms with Gasteiger partial charge in [0.15, 0.2) is 0 Å². The van der Waals surface area contributed by atoms with E-state index in [1.54, 1.807) is 0 Å². The quantitative estimate of drug-likeness (QED) is 0.187. The zero-order valence-electron chi connectivity index (χ0n) is 27.1. The van der Waals surface area contributed by atoms with Crippen molar-refractivity contribution in [3.05, 3.63) is 150 Å². The molecule has 0 amide bonds. The summed E-state index contributed by atoms with van der Waals surface area (Å²) in [5.74, 6) is 0. The number of fused-ring (bicyclic) bond motifs is 6. The zero-order chi connectivity index (χ0) is 33.4. The molecular weight excluding hydrogens is 605 g/mol. The van der Waals surface area contributed by atoms with Crippen molar-refractivity contribution < 1.29 is 17.6 Å². The van der Waals surface area contributed by atoms with Gasteiger partial charge in [-0.2, -0.15) is 13.2 Å². The molecule has 0 radical (unpaired) electrons. The molecule has 1 heterocycles. The van der Waals surface area contributed by atoms with Gasteiger partial charge in [0, 0.05) is 63.8 Å². The third kappa shape index (κ3) is 4.82. The smallest absolute Gasteiger partial charge is 0.416 e. The van der Waals surface area contributed by atoms with E-state index in [9.17, 15) is 13.2 Å². The van der Waals surface area contributed by atoms with Crippen LogP contribution in [0.25, 0.3) is 33.1 Å². The summed E-state index contributed by atoms with van der Waals surface area (Å²) in [4.78, 5) is 4.11. The van der Waals surface area contributed by atoms with E-state index >= 15 is 0 Å². The maximum absolute atomic E-state index is 13.1. The summed E-state index contributed by atoms with van der Waals surface area (Å²) in [5, 5.41) is 1.96. The summed E-state index contributed by atoms with van der Waals surface area (Å²) in [6, 6.07) is 41.3. The number of hydrogen-bond acceptors (Lipinski definition) is 3. The minimum Gasteiger partial charge on any atom is -0.456 e. The van der Waals surface area contributed by atoms with Crippen LogP contribution >= 0.6 is 0 Å². The average Bonchev–Trinajstić information content (AvgIpc) is 3.55. The first-order valence-electron chi connectivity index (χ1n) is 16.0. The molecule has 48 heavy (non-hydrogen) atoms. The molecule has 0 N–H and O–H groups in total. The number of aryl methyl sites for hydroxylation is 1. The molecule has 238 valence electrons. The van der Waals surface area contributed by atoms with Crippen molar-refractivity contribution in [3.8, 4) is 11.1 Å². The summed E-state index contributed by atoms with van der Waals surface area (Å²) in [7, 11) is 1.83. The molecule has 0 saturated heterocycles. The van der Waals surface area contributed by atoms with Crippen molar-refractivity contribution in [3.63, 3.8) is 0 Å². The van der Waals surface area contributed by atoms with Gasteiger partial charge in [-0.05, 0) is 102 Å². The predicted molar refractivity (Wildman–Crippen MR) is 190 cm³/mol. The Morgan fingerprint density at radius 2 is 1.10 bits per heavy atom. The van der Waals surface area contributed by atoms with Crippen LogP contribution < -0.4 is 9.80 Å². The summed E-state index contributed by atoms with van der Waals surface area (Å²) >= 11 is 0. The average molecular weight is 639 g/mol. The molecule has 6 heteroatoms. The molecule has 6 aromatic carbocycles. The number of furan rings is 1. The first-order chi connectivity index (χ1) is 23.0. The van der Waals surface area contributed by atoms with Gasteiger partial charge < -0.3 is 14.2 Å². The maximum Gasteiger partial charge on any atom is 0.416 e. The Balaban J connectivity index is 1.20. The van der Waals surface area contributed by atoms with Crippen molar-refractivity contribution in [1.29, 1.82) is 0 Å². The fourth-order valence-corrected chi connectivity index (χ4v) is 7.16. The van der Waals surface area contributed by atoms with Gasteiger partial charge in [0.25, 0.3) is 0 Å². The lowest BCUT2D eigenvalue weighted by molar-refractivity contribution is -0.137. The summed E-state index contributed by atoms with van der Waals surface area (Å²) in [5.41, 5.74) is 11.7. The van der Waals surface area contributed by atoms with Crippen LogP contribution in [0.4, 0.5) is 41.6 Å². The van der Waals surface area contributed by atoms with Crippen molar-refractivity contribution in [2.75, 3.05) is 16.8 Å². The van der Waals surface area contributed by atoms with Gasteiger partial charge >= 0.3 is 6.18 Å². The number of rotatable bonds is 5. The SMILES string of the molecule is Cc1ccc2c(c1)-c1cc(N(c3ccccc3)c3ccc4c(c3)oc3cc(N(C)c5ccc(C(F)(F)F)cc5)ccc34)ccc1C2(C)C. The van der Waals surface area contributed by atoms with Gasteiger partial charge in [0.05, 0.1) is 5.56 Å². The minimum absolute atomic E-state index is 0.0822. The van der Waals surface area contributed by atoms with Gasteiger partial charge in [0.2, 0.25) is 0 Å². The highest BCUT2D eigenvalue weighted by molar-refractivity contribution is 6.07. The highest BCUT2D eigenvalue weighted by Gasteiger charge is 2.36. The van der Waals surface area contributed by atoms with Crippen LogP contribution in [-0.4, -0.2) is 7.05 Å². The van der Waals surface area contributed by atoms with Crippen LogP contribution in [0.3, 0.4) is 0 Å². The van der Waals surface area contributed by atoms with Gasteiger partial charge in [0.1, 0.15) is 11.2 Å². The second kappa shape index (κ2) is 10.8. The van der Waals surface area contributed by atoms with E-state index in [-0.39, 0.29) is 5.41 Å². The Labute approximate surface area is 277 Å². The Hall–Kier alpha value is -5.49. The van der Waals surface area contributed by atoms with E-state index < -0.39 is 11.7 Å². The largest absolute Gasteiger partial charge is 0.456 e. The molecule has 0 unspecified atom stereocenters. The first kappa shape index (κ1) is 29.9. The van der Waals surface area contributed by atoms with E-state index in [1.807, 2.05) is 48.3 Å². The Morgan fingerprint density at radius 1 is 0.562 bits per heavy atom. The van der Waals surface area contributed by atoms with E-state index in [0.717, 1.165) is 51.2 Å². The van der Waals surface area contributed by atoms with E-state index in [4.69, 9.17) is 4.42 Å². The fourth-order valence-electron chi connectivity index (χ4n) is 7.16. The molecule has 1 aliphatic carbocycles. The molecule has 7 aromatic rings. The second-order valence-corrected chi connectivity index (χ2v) is 13.1. The lowest BCUT2D eigenvalue weighted by Crippen LogP contribution is -2.15. The Bertz CT molecular complexity index is 2340. The molecule has 3 nitrogen and oxygen atoms in total. The molecule has 0 spiro atoms. The molecule has 0 bridgehead atoms. The number of benzene rings is 6. The topological polar surface area (TPSA) is 19.6 Å². The fraction of sp³-hybridized carbons (Fsp3) is 0.143. The molecule has 0 fully saturated rings. The number of anilines is 5. The summed E-state index contributed by atoms with van der Waals surface area (Å²) < 4.78 is 45.8. The maximum atomic E-state index is 13.1. The highest BCUT2D eigenvalue weighted by Crippen LogP contribution is 2.51. The normalized spacial score (nSPS) is 13.5. The summed E-state index contributed by atoms with van der Waals surface area (Å²) in [6.07, 6.45) is -4.37. The third-order valence-electron chi connectivity index (χ3n) is 9.76. The van der Waals surface area contributed by atoms with Crippen LogP contribution in [0, 0.1) is 6.92 Å². The molecule has 0 saturated carbocycles. The van der Waals surface area contributed by atoms with Gasteiger partial charge in [-0.3, -0.25) is 0 Å². The van der Waals surface area contributed by atoms with Crippen molar-refractivity contribution in [1.82, 2.24) is 0 Å². The molecule has 0 aliphatic heterocycles. The highest BCUT2D eigenvalue weighted by atomic mass is 19.4. The Kier molecular flexibility index (Phi) is 6.71. The van der Waals surface area contributed by atoms with Crippen molar-refractivity contribution in [2.45, 2.75) is 32.4 Å². The van der Waals surface area contributed by atoms with E-state index in [0.29, 0.717) is 11.3 Å². The van der Waals surface area contributed by atoms with Gasteiger partial charge in [-0.1, -0.05) is 61.9 Å². The molecular formula is C42H33F3N2O. The van der Waals surface area contributed by atoms with Gasteiger partial charge in [-0.25, -0.2) is 0 Å². The number of nitrogens with zero attached hydrogens (tertiary/aromatic N) is 2. The van der Waals surface area contributed by atoms with Crippen LogP contribution in [-0.2, 0) is 11.6 Å². The van der Waals surface area contributed by atoms with E-state index in [2.05, 4.69) is 92.4 Å². The van der Waals surface area contributed by atoms with Crippen LogP contribution in [0.2, 0.25) is 0 Å². The monoisotopic (exact) mass is 638 g/mol. The number of alkyl halides is 3. The molecule has 1 aromatic heterocycles. The Morgan fingerprint density at radius 3 is 1.77 bits per heavy atom. The minimum atomic E-state index is -4.37. The van der Waals surface area contributed by atoms with Crippen LogP contribution in [0.1, 0.15) is 36.1 Å². The standard InChI is InChI=1S/C42H33F3N2O/c1-26-10-20-37-35(22-26)36-23-31(17-21-38(36)41(37,2)3)47(29-8-6-5-7-9-29)32-16-19-34-33-18-15-30(24-39(33)48-40(34)25-32)46(4)28-13-11-27(12-14-28)42(43,44)45/h5-25H,1-4H3. The number of hydrogen-bond donors (Lipinski definition) is 0. The zero-order valence-corrected chi connectivity index (χ0v) is 27.1. The third-order valence-corrected chi connectivity index (χ3v) is 9.76. The predicted octanol–water partition coefficient (Wildman–Crippen LogP) is 12.5. The lowest BCUT2D eigenvalue weighted by Gasteiger charge is -2.27. The molecule has 0 atom stereocenters. The van der Waals surface area contributed by atoms with Gasteiger partial charge in [-0.15, -0.1) is 0 Å². The van der Waals surface area contributed by atoms with Crippen molar-refractivity contribution >= 4 is 50.4 Å². The van der Waals surface area contributed by atoms with Crippen LogP contribution in [0.15, 0.2) is 132 Å². The number of para-hydroxylation sites is 1. The number of halogens is 3. The van der Waals surface area contributed by atoms with E-state index in [1.165, 1.54) is 39.9 Å². The second-order valence-electron chi connectivity index (χ2n) is 13.1.